The maximum Gasteiger partial charge on any atom is 0.219 e. The lowest BCUT2D eigenvalue weighted by molar-refractivity contribution is 0.460. The van der Waals surface area contributed by atoms with Crippen molar-refractivity contribution in [3.8, 4) is 24.0 Å². The number of para-hydroxylation sites is 1. The lowest BCUT2D eigenvalue weighted by Crippen LogP contribution is -1.88. The second-order valence-corrected chi connectivity index (χ2v) is 3.92. The number of halogens is 1. The smallest absolute Gasteiger partial charge is 0.219 e. The zero-order valence-corrected chi connectivity index (χ0v) is 9.94. The summed E-state index contributed by atoms with van der Waals surface area (Å²) in [5, 5.41) is 0. The molecule has 0 aliphatic carbocycles. The molecule has 2 nitrogen and oxygen atoms in total. The molecule has 0 N–H and O–H groups in total. The van der Waals surface area contributed by atoms with Crippen molar-refractivity contribution < 1.29 is 4.74 Å². The van der Waals surface area contributed by atoms with E-state index >= 15 is 0 Å². The molecule has 3 heteroatoms. The molecule has 0 atom stereocenters. The molecule has 0 saturated heterocycles. The van der Waals surface area contributed by atoms with Crippen molar-refractivity contribution in [3.05, 3.63) is 52.6 Å². The van der Waals surface area contributed by atoms with Gasteiger partial charge in [-0.1, -0.05) is 18.1 Å². The predicted molar refractivity (Wildman–Crippen MR) is 66.4 cm³/mol. The van der Waals surface area contributed by atoms with Gasteiger partial charge in [-0.3, -0.25) is 0 Å². The van der Waals surface area contributed by atoms with Gasteiger partial charge in [-0.05, 0) is 34.1 Å². The molecule has 0 fully saturated rings. The van der Waals surface area contributed by atoms with Gasteiger partial charge in [-0.15, -0.1) is 6.42 Å². The molecule has 1 aromatic carbocycles. The van der Waals surface area contributed by atoms with Crippen molar-refractivity contribution in [3.63, 3.8) is 0 Å². The Morgan fingerprint density at radius 2 is 2.00 bits per heavy atom. The molecule has 1 heterocycles. The zero-order valence-electron chi connectivity index (χ0n) is 8.35. The Bertz CT molecular complexity index is 528. The number of nitrogens with zero attached hydrogens (tertiary/aromatic N) is 1. The highest BCUT2D eigenvalue weighted by Crippen LogP contribution is 2.27. The molecule has 0 aliphatic heterocycles. The van der Waals surface area contributed by atoms with Crippen LogP contribution in [-0.4, -0.2) is 4.98 Å². The highest BCUT2D eigenvalue weighted by atomic mass is 79.9. The molecule has 0 radical (unpaired) electrons. The number of aromatic nitrogens is 1. The lowest BCUT2D eigenvalue weighted by atomic mass is 10.3. The molecule has 0 bridgehead atoms. The van der Waals surface area contributed by atoms with Gasteiger partial charge in [0.05, 0.1) is 4.47 Å². The summed E-state index contributed by atoms with van der Waals surface area (Å²) in [4.78, 5) is 4.10. The molecule has 2 aromatic rings. The van der Waals surface area contributed by atoms with Crippen LogP contribution in [-0.2, 0) is 0 Å². The van der Waals surface area contributed by atoms with Gasteiger partial charge in [0, 0.05) is 17.8 Å². The Morgan fingerprint density at radius 3 is 2.62 bits per heavy atom. The molecule has 78 valence electrons. The van der Waals surface area contributed by atoms with E-state index in [1.54, 1.807) is 18.3 Å². The topological polar surface area (TPSA) is 22.1 Å². The molecule has 0 aliphatic rings. The van der Waals surface area contributed by atoms with E-state index in [-0.39, 0.29) is 0 Å². The molecule has 0 spiro atoms. The summed E-state index contributed by atoms with van der Waals surface area (Å²) >= 11 is 3.40. The summed E-state index contributed by atoms with van der Waals surface area (Å²) in [7, 11) is 0. The number of terminal acetylenes is 1. The second-order valence-electron chi connectivity index (χ2n) is 3.06. The van der Waals surface area contributed by atoms with E-state index in [4.69, 9.17) is 11.2 Å². The van der Waals surface area contributed by atoms with Crippen LogP contribution in [0.25, 0.3) is 0 Å². The molecule has 2 rings (SSSR count). The Kier molecular flexibility index (Phi) is 3.23. The van der Waals surface area contributed by atoms with Crippen LogP contribution < -0.4 is 4.74 Å². The molecule has 1 aromatic heterocycles. The standard InChI is InChI=1S/C13H8BrNO/c1-2-10-7-8-13(15-9-10)16-12-6-4-3-5-11(12)14/h1,3-9H. The van der Waals surface area contributed by atoms with Gasteiger partial charge in [0.25, 0.3) is 0 Å². The maximum absolute atomic E-state index is 5.58. The Balaban J connectivity index is 2.22. The number of hydrogen-bond donors (Lipinski definition) is 0. The van der Waals surface area contributed by atoms with Crippen molar-refractivity contribution in [2.45, 2.75) is 0 Å². The Labute approximate surface area is 102 Å². The first kappa shape index (κ1) is 10.7. The zero-order chi connectivity index (χ0) is 11.4. The third-order valence-corrected chi connectivity index (χ3v) is 2.61. The van der Waals surface area contributed by atoms with Crippen LogP contribution in [0.1, 0.15) is 5.56 Å². The largest absolute Gasteiger partial charge is 0.438 e. The fraction of sp³-hybridized carbons (Fsp3) is 0. The summed E-state index contributed by atoms with van der Waals surface area (Å²) in [5.74, 6) is 3.75. The predicted octanol–water partition coefficient (Wildman–Crippen LogP) is 3.62. The molecule has 0 saturated carbocycles. The van der Waals surface area contributed by atoms with Crippen molar-refractivity contribution in [2.24, 2.45) is 0 Å². The highest BCUT2D eigenvalue weighted by Gasteiger charge is 2.01. The summed E-state index contributed by atoms with van der Waals surface area (Å²) in [6, 6.07) is 11.1. The third-order valence-electron chi connectivity index (χ3n) is 1.95. The van der Waals surface area contributed by atoms with E-state index in [9.17, 15) is 0 Å². The number of ether oxygens (including phenoxy) is 1. The average Bonchev–Trinajstić information content (AvgIpc) is 2.33. The van der Waals surface area contributed by atoms with Crippen LogP contribution in [0.2, 0.25) is 0 Å². The molecule has 0 amide bonds. The van der Waals surface area contributed by atoms with Crippen LogP contribution in [0.4, 0.5) is 0 Å². The van der Waals surface area contributed by atoms with Crippen molar-refractivity contribution in [2.75, 3.05) is 0 Å². The van der Waals surface area contributed by atoms with Gasteiger partial charge in [-0.2, -0.15) is 0 Å². The first-order valence-electron chi connectivity index (χ1n) is 4.64. The third kappa shape index (κ3) is 2.41. The van der Waals surface area contributed by atoms with E-state index in [2.05, 4.69) is 26.8 Å². The maximum atomic E-state index is 5.58. The number of benzene rings is 1. The van der Waals surface area contributed by atoms with E-state index in [0.717, 1.165) is 15.8 Å². The van der Waals surface area contributed by atoms with Gasteiger partial charge in [0.2, 0.25) is 5.88 Å². The van der Waals surface area contributed by atoms with Crippen molar-refractivity contribution in [1.82, 2.24) is 4.98 Å². The van der Waals surface area contributed by atoms with Crippen LogP contribution in [0.15, 0.2) is 47.1 Å². The van der Waals surface area contributed by atoms with Gasteiger partial charge in [0.1, 0.15) is 5.75 Å². The first-order valence-corrected chi connectivity index (χ1v) is 5.44. The fourth-order valence-corrected chi connectivity index (χ4v) is 1.53. The Morgan fingerprint density at radius 1 is 1.19 bits per heavy atom. The van der Waals surface area contributed by atoms with Crippen LogP contribution in [0.5, 0.6) is 11.6 Å². The van der Waals surface area contributed by atoms with Crippen LogP contribution >= 0.6 is 15.9 Å². The van der Waals surface area contributed by atoms with Crippen LogP contribution in [0.3, 0.4) is 0 Å². The van der Waals surface area contributed by atoms with Gasteiger partial charge < -0.3 is 4.74 Å². The summed E-state index contributed by atoms with van der Waals surface area (Å²) in [5.41, 5.74) is 0.736. The van der Waals surface area contributed by atoms with E-state index in [0.29, 0.717) is 5.88 Å². The lowest BCUT2D eigenvalue weighted by Gasteiger charge is -2.05. The quantitative estimate of drug-likeness (QED) is 0.780. The second kappa shape index (κ2) is 4.82. The van der Waals surface area contributed by atoms with Crippen molar-refractivity contribution in [1.29, 1.82) is 0 Å². The SMILES string of the molecule is C#Cc1ccc(Oc2ccccc2Br)nc1. The van der Waals surface area contributed by atoms with Gasteiger partial charge >= 0.3 is 0 Å². The number of rotatable bonds is 2. The molecule has 0 unspecified atom stereocenters. The minimum absolute atomic E-state index is 0.519. The fourth-order valence-electron chi connectivity index (χ4n) is 1.17. The Hall–Kier alpha value is -1.79. The monoisotopic (exact) mass is 273 g/mol. The molecular formula is C13H8BrNO. The van der Waals surface area contributed by atoms with Gasteiger partial charge in [-0.25, -0.2) is 4.98 Å². The van der Waals surface area contributed by atoms with Crippen LogP contribution in [0, 0.1) is 12.3 Å². The van der Waals surface area contributed by atoms with Crippen molar-refractivity contribution >= 4 is 15.9 Å². The van der Waals surface area contributed by atoms with E-state index < -0.39 is 0 Å². The first-order chi connectivity index (χ1) is 7.79. The molecular weight excluding hydrogens is 266 g/mol. The summed E-state index contributed by atoms with van der Waals surface area (Å²) in [6.45, 7) is 0. The normalized spacial score (nSPS) is 9.50. The summed E-state index contributed by atoms with van der Waals surface area (Å²) < 4.78 is 6.47. The summed E-state index contributed by atoms with van der Waals surface area (Å²) in [6.07, 6.45) is 6.84. The van der Waals surface area contributed by atoms with E-state index in [1.165, 1.54) is 0 Å². The molecule has 16 heavy (non-hydrogen) atoms. The highest BCUT2D eigenvalue weighted by molar-refractivity contribution is 9.10. The van der Waals surface area contributed by atoms with E-state index in [1.807, 2.05) is 24.3 Å². The average molecular weight is 274 g/mol. The number of hydrogen-bond acceptors (Lipinski definition) is 2. The van der Waals surface area contributed by atoms with Gasteiger partial charge in [0.15, 0.2) is 0 Å². The number of pyridine rings is 1. The minimum Gasteiger partial charge on any atom is -0.438 e. The minimum atomic E-state index is 0.519.